The lowest BCUT2D eigenvalue weighted by Crippen LogP contribution is -2.34. The molecule has 1 aliphatic heterocycles. The fourth-order valence-corrected chi connectivity index (χ4v) is 4.37. The summed E-state index contributed by atoms with van der Waals surface area (Å²) in [5.74, 6) is 0.266. The summed E-state index contributed by atoms with van der Waals surface area (Å²) in [6.45, 7) is 3.42. The summed E-state index contributed by atoms with van der Waals surface area (Å²) >= 11 is 1.44. The molecule has 0 radical (unpaired) electrons. The predicted octanol–water partition coefficient (Wildman–Crippen LogP) is 2.80. The van der Waals surface area contributed by atoms with Crippen LogP contribution in [0.25, 0.3) is 10.2 Å². The van der Waals surface area contributed by atoms with Crippen LogP contribution in [-0.2, 0) is 16.0 Å². The normalized spacial score (nSPS) is 16.4. The number of aromatic nitrogens is 2. The second kappa shape index (κ2) is 8.57. The SMILES string of the molecule is CCOc1ccc2nc(N3CC(C(=O)NCCc4cccnc4)CC3=O)sc2c1. The molecule has 1 atom stereocenters. The minimum Gasteiger partial charge on any atom is -0.494 e. The van der Waals surface area contributed by atoms with Crippen LogP contribution in [0.5, 0.6) is 5.75 Å². The Morgan fingerprint density at radius 2 is 2.28 bits per heavy atom. The Bertz CT molecular complexity index is 1020. The van der Waals surface area contributed by atoms with Crippen LogP contribution in [0.4, 0.5) is 5.13 Å². The van der Waals surface area contributed by atoms with Gasteiger partial charge in [-0.3, -0.25) is 19.5 Å². The van der Waals surface area contributed by atoms with Gasteiger partial charge in [0.25, 0.3) is 0 Å². The highest BCUT2D eigenvalue weighted by atomic mass is 32.1. The van der Waals surface area contributed by atoms with Gasteiger partial charge >= 0.3 is 0 Å². The molecule has 1 unspecified atom stereocenters. The van der Waals surface area contributed by atoms with Crippen LogP contribution in [-0.4, -0.2) is 41.5 Å². The molecular formula is C21H22N4O3S. The summed E-state index contributed by atoms with van der Waals surface area (Å²) in [6, 6.07) is 9.55. The maximum Gasteiger partial charge on any atom is 0.229 e. The molecule has 2 aromatic heterocycles. The van der Waals surface area contributed by atoms with Crippen molar-refractivity contribution >= 4 is 38.5 Å². The first-order valence-electron chi connectivity index (χ1n) is 9.64. The number of hydrogen-bond donors (Lipinski definition) is 1. The van der Waals surface area contributed by atoms with E-state index in [1.807, 2.05) is 37.3 Å². The van der Waals surface area contributed by atoms with Gasteiger partial charge in [0, 0.05) is 31.9 Å². The Labute approximate surface area is 172 Å². The minimum atomic E-state index is -0.359. The molecule has 1 aliphatic rings. The van der Waals surface area contributed by atoms with Crippen LogP contribution in [0.2, 0.25) is 0 Å². The number of carbonyl (C=O) groups is 2. The number of fused-ring (bicyclic) bond motifs is 1. The number of nitrogens with zero attached hydrogens (tertiary/aromatic N) is 3. The number of nitrogens with one attached hydrogen (secondary N) is 1. The largest absolute Gasteiger partial charge is 0.494 e. The number of ether oxygens (including phenoxy) is 1. The van der Waals surface area contributed by atoms with E-state index >= 15 is 0 Å². The average Bonchev–Trinajstić information content (AvgIpc) is 3.32. The van der Waals surface area contributed by atoms with Crippen LogP contribution in [0.3, 0.4) is 0 Å². The first kappa shape index (κ1) is 19.3. The average molecular weight is 410 g/mol. The van der Waals surface area contributed by atoms with Crippen molar-refractivity contribution in [3.8, 4) is 5.75 Å². The number of amides is 2. The predicted molar refractivity (Wildman–Crippen MR) is 112 cm³/mol. The van der Waals surface area contributed by atoms with Gasteiger partial charge in [0.2, 0.25) is 11.8 Å². The summed E-state index contributed by atoms with van der Waals surface area (Å²) in [5, 5.41) is 3.56. The van der Waals surface area contributed by atoms with E-state index in [2.05, 4.69) is 15.3 Å². The van der Waals surface area contributed by atoms with Crippen LogP contribution in [0.1, 0.15) is 18.9 Å². The standard InChI is InChI=1S/C21H22N4O3S/c1-2-28-16-5-6-17-18(11-16)29-21(24-17)25-13-15(10-19(25)26)20(27)23-9-7-14-4-3-8-22-12-14/h3-6,8,11-12,15H,2,7,9-10,13H2,1H3,(H,23,27). The molecule has 1 N–H and O–H groups in total. The molecule has 3 heterocycles. The monoisotopic (exact) mass is 410 g/mol. The second-order valence-electron chi connectivity index (χ2n) is 6.87. The molecule has 150 valence electrons. The fourth-order valence-electron chi connectivity index (χ4n) is 3.35. The molecular weight excluding hydrogens is 388 g/mol. The molecule has 3 aromatic rings. The number of pyridine rings is 1. The molecule has 7 nitrogen and oxygen atoms in total. The smallest absolute Gasteiger partial charge is 0.229 e. The van der Waals surface area contributed by atoms with E-state index in [1.165, 1.54) is 11.3 Å². The zero-order valence-corrected chi connectivity index (χ0v) is 16.9. The van der Waals surface area contributed by atoms with Gasteiger partial charge in [0.15, 0.2) is 5.13 Å². The van der Waals surface area contributed by atoms with E-state index in [0.717, 1.165) is 21.5 Å². The van der Waals surface area contributed by atoms with E-state index in [-0.39, 0.29) is 24.2 Å². The molecule has 0 saturated carbocycles. The number of hydrogen-bond acceptors (Lipinski definition) is 6. The molecule has 1 aromatic carbocycles. The first-order chi connectivity index (χ1) is 14.1. The Morgan fingerprint density at radius 1 is 1.38 bits per heavy atom. The lowest BCUT2D eigenvalue weighted by Gasteiger charge is -2.13. The van der Waals surface area contributed by atoms with Gasteiger partial charge in [-0.15, -0.1) is 0 Å². The van der Waals surface area contributed by atoms with Gasteiger partial charge in [0.05, 0.1) is 22.7 Å². The van der Waals surface area contributed by atoms with Crippen LogP contribution < -0.4 is 15.0 Å². The third kappa shape index (κ3) is 4.37. The quantitative estimate of drug-likeness (QED) is 0.647. The van der Waals surface area contributed by atoms with E-state index in [1.54, 1.807) is 17.3 Å². The van der Waals surface area contributed by atoms with Crippen molar-refractivity contribution < 1.29 is 14.3 Å². The van der Waals surface area contributed by atoms with Crippen LogP contribution in [0, 0.1) is 5.92 Å². The zero-order valence-electron chi connectivity index (χ0n) is 16.1. The van der Waals surface area contributed by atoms with E-state index in [4.69, 9.17) is 4.74 Å². The highest BCUT2D eigenvalue weighted by Gasteiger charge is 2.36. The van der Waals surface area contributed by atoms with Gasteiger partial charge in [-0.25, -0.2) is 4.98 Å². The highest BCUT2D eigenvalue weighted by Crippen LogP contribution is 2.34. The lowest BCUT2D eigenvalue weighted by atomic mass is 10.1. The number of thiazole rings is 1. The summed E-state index contributed by atoms with van der Waals surface area (Å²) in [5.41, 5.74) is 1.89. The minimum absolute atomic E-state index is 0.0681. The zero-order chi connectivity index (χ0) is 20.2. The van der Waals surface area contributed by atoms with Crippen molar-refractivity contribution in [1.29, 1.82) is 0 Å². The maximum absolute atomic E-state index is 12.5. The Balaban J connectivity index is 1.38. The van der Waals surface area contributed by atoms with Crippen molar-refractivity contribution in [1.82, 2.24) is 15.3 Å². The van der Waals surface area contributed by atoms with E-state index in [9.17, 15) is 9.59 Å². The first-order valence-corrected chi connectivity index (χ1v) is 10.5. The molecule has 8 heteroatoms. The molecule has 0 spiro atoms. The topological polar surface area (TPSA) is 84.4 Å². The molecule has 2 amide bonds. The molecule has 0 aliphatic carbocycles. The van der Waals surface area contributed by atoms with Gasteiger partial charge in [-0.05, 0) is 43.2 Å². The number of carbonyl (C=O) groups excluding carboxylic acids is 2. The molecule has 0 bridgehead atoms. The third-order valence-electron chi connectivity index (χ3n) is 4.82. The Morgan fingerprint density at radius 3 is 3.07 bits per heavy atom. The molecule has 4 rings (SSSR count). The number of rotatable bonds is 7. The Kier molecular flexibility index (Phi) is 5.71. The van der Waals surface area contributed by atoms with Crippen molar-refractivity contribution in [3.63, 3.8) is 0 Å². The Hall–Kier alpha value is -3.00. The van der Waals surface area contributed by atoms with Crippen LogP contribution >= 0.6 is 11.3 Å². The molecule has 29 heavy (non-hydrogen) atoms. The number of anilines is 1. The maximum atomic E-state index is 12.5. The van der Waals surface area contributed by atoms with Crippen LogP contribution in [0.15, 0.2) is 42.7 Å². The van der Waals surface area contributed by atoms with Crippen molar-refractivity contribution in [2.75, 3.05) is 24.6 Å². The summed E-state index contributed by atoms with van der Waals surface area (Å²) in [7, 11) is 0. The van der Waals surface area contributed by atoms with Gasteiger partial charge in [-0.1, -0.05) is 17.4 Å². The third-order valence-corrected chi connectivity index (χ3v) is 5.86. The van der Waals surface area contributed by atoms with Gasteiger partial charge in [0.1, 0.15) is 5.75 Å². The fraction of sp³-hybridized carbons (Fsp3) is 0.333. The van der Waals surface area contributed by atoms with Gasteiger partial charge in [-0.2, -0.15) is 0 Å². The number of benzene rings is 1. The molecule has 1 saturated heterocycles. The van der Waals surface area contributed by atoms with Gasteiger partial charge < -0.3 is 10.1 Å². The van der Waals surface area contributed by atoms with Crippen molar-refractivity contribution in [2.45, 2.75) is 19.8 Å². The van der Waals surface area contributed by atoms with E-state index in [0.29, 0.717) is 31.2 Å². The summed E-state index contributed by atoms with van der Waals surface area (Å²) in [6.07, 6.45) is 4.43. The summed E-state index contributed by atoms with van der Waals surface area (Å²) < 4.78 is 6.49. The second-order valence-corrected chi connectivity index (χ2v) is 7.88. The van der Waals surface area contributed by atoms with Crippen molar-refractivity contribution in [3.05, 3.63) is 48.3 Å². The van der Waals surface area contributed by atoms with Crippen molar-refractivity contribution in [2.24, 2.45) is 5.92 Å². The lowest BCUT2D eigenvalue weighted by molar-refractivity contribution is -0.126. The molecule has 1 fully saturated rings. The highest BCUT2D eigenvalue weighted by molar-refractivity contribution is 7.22. The summed E-state index contributed by atoms with van der Waals surface area (Å²) in [4.78, 5) is 35.3. The van der Waals surface area contributed by atoms with E-state index < -0.39 is 0 Å².